The standard InChI is InChI=1S/C32H39N7O5S/c1-32(2,3)21-5-6-22-20(14-21)15-24-28(35-22)45-29(36-24)27(41)34-23(10-13-38-11-8-18(9-12-38)30(42)43)19-4-7-25(33-16-19)39-17-26(40)37-31(39)44/h4,7,15-16,18,21,23H,5-6,8-14,17H2,1-3H3,(H,34,41)(H,42,43)(H,37,40,44). The number of hydrogen-bond donors (Lipinski definition) is 3. The zero-order valence-electron chi connectivity index (χ0n) is 25.8. The summed E-state index contributed by atoms with van der Waals surface area (Å²) in [5.74, 6) is -0.838. The van der Waals surface area contributed by atoms with Crippen LogP contribution in [0.2, 0.25) is 0 Å². The van der Waals surface area contributed by atoms with Gasteiger partial charge in [-0.2, -0.15) is 0 Å². The molecular formula is C32H39N7O5S. The summed E-state index contributed by atoms with van der Waals surface area (Å²) in [7, 11) is 0. The van der Waals surface area contributed by atoms with E-state index in [-0.39, 0.29) is 29.7 Å². The second-order valence-corrected chi connectivity index (χ2v) is 14.4. The van der Waals surface area contributed by atoms with Crippen molar-refractivity contribution >= 4 is 51.3 Å². The maximum Gasteiger partial charge on any atom is 0.330 e. The second-order valence-electron chi connectivity index (χ2n) is 13.4. The summed E-state index contributed by atoms with van der Waals surface area (Å²) >= 11 is 1.29. The van der Waals surface area contributed by atoms with Crippen LogP contribution in [0.15, 0.2) is 24.4 Å². The van der Waals surface area contributed by atoms with Crippen molar-refractivity contribution in [3.8, 4) is 0 Å². The first-order valence-electron chi connectivity index (χ1n) is 15.6. The SMILES string of the molecule is CC(C)(C)C1CCc2nc3sc(C(=O)NC(CCN4CCC(C(=O)O)CC4)c4ccc(N5CC(=O)NC5=O)nc4)nc3cc2C1. The normalized spacial score (nSPS) is 20.2. The smallest absolute Gasteiger partial charge is 0.330 e. The lowest BCUT2D eigenvalue weighted by atomic mass is 9.71. The van der Waals surface area contributed by atoms with Crippen molar-refractivity contribution in [2.24, 2.45) is 17.3 Å². The quantitative estimate of drug-likeness (QED) is 0.313. The van der Waals surface area contributed by atoms with E-state index in [1.54, 1.807) is 18.3 Å². The molecule has 4 amide bonds. The third-order valence-electron chi connectivity index (χ3n) is 9.39. The summed E-state index contributed by atoms with van der Waals surface area (Å²) in [6.45, 7) is 8.76. The molecule has 3 N–H and O–H groups in total. The van der Waals surface area contributed by atoms with E-state index >= 15 is 0 Å². The van der Waals surface area contributed by atoms with Gasteiger partial charge in [-0.25, -0.2) is 19.7 Å². The van der Waals surface area contributed by atoms with Gasteiger partial charge in [0.05, 0.1) is 12.0 Å². The molecule has 0 saturated carbocycles. The minimum Gasteiger partial charge on any atom is -0.481 e. The van der Waals surface area contributed by atoms with Crippen LogP contribution in [0.5, 0.6) is 0 Å². The number of aryl methyl sites for hydroxylation is 1. The molecule has 2 atom stereocenters. The number of aliphatic carboxylic acids is 1. The van der Waals surface area contributed by atoms with Gasteiger partial charge in [-0.05, 0) is 86.2 Å². The van der Waals surface area contributed by atoms with Crippen molar-refractivity contribution in [1.82, 2.24) is 30.5 Å². The number of nitrogens with one attached hydrogen (secondary N) is 2. The molecule has 0 spiro atoms. The molecule has 2 unspecified atom stereocenters. The molecule has 3 aromatic heterocycles. The molecule has 13 heteroatoms. The van der Waals surface area contributed by atoms with Crippen molar-refractivity contribution in [1.29, 1.82) is 0 Å². The van der Waals surface area contributed by atoms with Gasteiger partial charge in [0.1, 0.15) is 22.7 Å². The molecule has 12 nitrogen and oxygen atoms in total. The van der Waals surface area contributed by atoms with Gasteiger partial charge in [0.15, 0.2) is 5.01 Å². The lowest BCUT2D eigenvalue weighted by Crippen LogP contribution is -2.38. The number of nitrogens with zero attached hydrogens (tertiary/aromatic N) is 5. The number of pyridine rings is 2. The Hall–Kier alpha value is -3.97. The summed E-state index contributed by atoms with van der Waals surface area (Å²) in [5, 5.41) is 15.1. The van der Waals surface area contributed by atoms with Crippen LogP contribution in [-0.2, 0) is 22.4 Å². The van der Waals surface area contributed by atoms with Crippen molar-refractivity contribution in [3.63, 3.8) is 0 Å². The minimum absolute atomic E-state index is 0.0937. The number of carbonyl (C=O) groups is 4. The summed E-state index contributed by atoms with van der Waals surface area (Å²) < 4.78 is 0. The fraction of sp³-hybridized carbons (Fsp3) is 0.531. The molecule has 238 valence electrons. The first kappa shape index (κ1) is 31.0. The average molecular weight is 634 g/mol. The fourth-order valence-electron chi connectivity index (χ4n) is 6.50. The number of aromatic nitrogens is 3. The largest absolute Gasteiger partial charge is 0.481 e. The molecule has 2 aliphatic heterocycles. The van der Waals surface area contributed by atoms with Crippen LogP contribution in [0.1, 0.15) is 79.1 Å². The van der Waals surface area contributed by atoms with Gasteiger partial charge in [-0.15, -0.1) is 0 Å². The third kappa shape index (κ3) is 6.84. The predicted molar refractivity (Wildman–Crippen MR) is 169 cm³/mol. The Labute approximate surface area is 265 Å². The molecule has 6 rings (SSSR count). The number of hydrogen-bond acceptors (Lipinski definition) is 9. The van der Waals surface area contributed by atoms with Crippen LogP contribution in [0.25, 0.3) is 10.3 Å². The second kappa shape index (κ2) is 12.4. The van der Waals surface area contributed by atoms with Crippen LogP contribution in [0, 0.1) is 17.3 Å². The molecule has 2 saturated heterocycles. The number of rotatable bonds is 8. The number of piperidine rings is 1. The van der Waals surface area contributed by atoms with E-state index in [0.29, 0.717) is 55.6 Å². The van der Waals surface area contributed by atoms with E-state index < -0.39 is 18.0 Å². The van der Waals surface area contributed by atoms with Gasteiger partial charge in [0.25, 0.3) is 5.91 Å². The Morgan fingerprint density at radius 2 is 1.93 bits per heavy atom. The van der Waals surface area contributed by atoms with Crippen LogP contribution in [-0.4, -0.2) is 75.0 Å². The number of imide groups is 1. The van der Waals surface area contributed by atoms with Gasteiger partial charge in [0.2, 0.25) is 5.91 Å². The molecule has 3 aromatic rings. The first-order valence-corrected chi connectivity index (χ1v) is 16.4. The highest BCUT2D eigenvalue weighted by atomic mass is 32.1. The number of anilines is 1. The van der Waals surface area contributed by atoms with Gasteiger partial charge in [0, 0.05) is 18.4 Å². The molecule has 0 radical (unpaired) electrons. The zero-order chi connectivity index (χ0) is 31.9. The fourth-order valence-corrected chi connectivity index (χ4v) is 7.34. The molecule has 0 bridgehead atoms. The molecule has 0 aromatic carbocycles. The number of carboxylic acid groups (broad SMARTS) is 1. The van der Waals surface area contributed by atoms with E-state index in [4.69, 9.17) is 9.97 Å². The highest BCUT2D eigenvalue weighted by Crippen LogP contribution is 2.38. The van der Waals surface area contributed by atoms with E-state index in [1.807, 2.05) is 0 Å². The van der Waals surface area contributed by atoms with E-state index in [0.717, 1.165) is 40.9 Å². The summed E-state index contributed by atoms with van der Waals surface area (Å²) in [4.78, 5) is 67.1. The molecule has 1 aliphatic carbocycles. The van der Waals surface area contributed by atoms with Crippen LogP contribution < -0.4 is 15.5 Å². The lowest BCUT2D eigenvalue weighted by molar-refractivity contribution is -0.143. The molecule has 5 heterocycles. The van der Waals surface area contributed by atoms with Gasteiger partial charge >= 0.3 is 12.0 Å². The van der Waals surface area contributed by atoms with E-state index in [2.05, 4.69) is 47.4 Å². The Kier molecular flexibility index (Phi) is 8.57. The maximum atomic E-state index is 13.6. The topological polar surface area (TPSA) is 158 Å². The third-order valence-corrected chi connectivity index (χ3v) is 10.4. The predicted octanol–water partition coefficient (Wildman–Crippen LogP) is 3.95. The Bertz CT molecular complexity index is 1620. The number of urea groups is 1. The minimum atomic E-state index is -0.750. The average Bonchev–Trinajstić information content (AvgIpc) is 3.58. The van der Waals surface area contributed by atoms with Gasteiger partial charge in [-0.3, -0.25) is 24.6 Å². The molecule has 45 heavy (non-hydrogen) atoms. The monoisotopic (exact) mass is 633 g/mol. The number of thiazole rings is 1. The summed E-state index contributed by atoms with van der Waals surface area (Å²) in [6.07, 6.45) is 6.36. The van der Waals surface area contributed by atoms with Crippen molar-refractivity contribution in [2.45, 2.75) is 65.3 Å². The Morgan fingerprint density at radius 1 is 1.16 bits per heavy atom. The number of fused-ring (bicyclic) bond motifs is 2. The number of carbonyl (C=O) groups excluding carboxylic acids is 3. The first-order chi connectivity index (χ1) is 21.4. The summed E-state index contributed by atoms with van der Waals surface area (Å²) in [5.41, 5.74) is 4.02. The molecule has 2 fully saturated rings. The van der Waals surface area contributed by atoms with Crippen LogP contribution >= 0.6 is 11.3 Å². The van der Waals surface area contributed by atoms with Crippen LogP contribution in [0.4, 0.5) is 10.6 Å². The highest BCUT2D eigenvalue weighted by Gasteiger charge is 2.32. The maximum absolute atomic E-state index is 13.6. The molecule has 3 aliphatic rings. The Morgan fingerprint density at radius 3 is 2.58 bits per heavy atom. The van der Waals surface area contributed by atoms with E-state index in [9.17, 15) is 24.3 Å². The van der Waals surface area contributed by atoms with Gasteiger partial charge < -0.3 is 15.3 Å². The summed E-state index contributed by atoms with van der Waals surface area (Å²) in [6, 6.07) is 4.64. The number of likely N-dealkylation sites (tertiary alicyclic amines) is 1. The van der Waals surface area contributed by atoms with Crippen LogP contribution in [0.3, 0.4) is 0 Å². The van der Waals surface area contributed by atoms with Crippen molar-refractivity contribution in [2.75, 3.05) is 31.1 Å². The number of amides is 4. The highest BCUT2D eigenvalue weighted by molar-refractivity contribution is 7.19. The Balaban J connectivity index is 1.20. The van der Waals surface area contributed by atoms with Crippen molar-refractivity contribution < 1.29 is 24.3 Å². The van der Waals surface area contributed by atoms with E-state index in [1.165, 1.54) is 21.8 Å². The van der Waals surface area contributed by atoms with Gasteiger partial charge in [-0.1, -0.05) is 38.2 Å². The van der Waals surface area contributed by atoms with Crippen molar-refractivity contribution in [3.05, 3.63) is 46.2 Å². The molecular weight excluding hydrogens is 594 g/mol. The number of carboxylic acids is 1. The lowest BCUT2D eigenvalue weighted by Gasteiger charge is -2.34. The zero-order valence-corrected chi connectivity index (χ0v) is 26.7.